The molecular weight excluding hydrogens is 812 g/mol. The molecule has 284 valence electrons. The summed E-state index contributed by atoms with van der Waals surface area (Å²) >= 11 is 1.80. The number of halogens is 1. The van der Waals surface area contributed by atoms with E-state index in [2.05, 4.69) is 19.9 Å². The van der Waals surface area contributed by atoms with E-state index in [1.807, 2.05) is 0 Å². The smallest absolute Gasteiger partial charge is 0.361 e. The number of hydrogen-bond donors (Lipinski definition) is 4. The topological polar surface area (TPSA) is 272 Å². The lowest BCUT2D eigenvalue weighted by atomic mass is 9.98. The van der Waals surface area contributed by atoms with Crippen molar-refractivity contribution in [2.45, 2.75) is 72.9 Å². The van der Waals surface area contributed by atoms with Crippen LogP contribution in [0.25, 0.3) is 11.2 Å². The van der Waals surface area contributed by atoms with Crippen molar-refractivity contribution >= 4 is 59.1 Å². The molecule has 0 spiro atoms. The van der Waals surface area contributed by atoms with E-state index < -0.39 is 80.0 Å². The van der Waals surface area contributed by atoms with Crippen molar-refractivity contribution in [3.05, 3.63) is 43.3 Å². The summed E-state index contributed by atoms with van der Waals surface area (Å²) in [6.45, 7) is 8.85. The van der Waals surface area contributed by atoms with Gasteiger partial charge in [-0.15, -0.1) is 0 Å². The molecule has 0 amide bonds. The maximum atomic E-state index is 13.1. The van der Waals surface area contributed by atoms with E-state index in [9.17, 15) is 28.8 Å². The van der Waals surface area contributed by atoms with Crippen LogP contribution >= 0.6 is 30.2 Å². The fourth-order valence-corrected chi connectivity index (χ4v) is 5.43. The van der Waals surface area contributed by atoms with Crippen molar-refractivity contribution in [2.24, 2.45) is 10.8 Å². The molecule has 4 rings (SSSR count). The molecule has 20 nitrogen and oxygen atoms in total. The summed E-state index contributed by atoms with van der Waals surface area (Å²) < 4.78 is 47.5. The fraction of sp³-hybridized carbons (Fsp3) is 0.621. The number of nitrogen functional groups attached to an aromatic ring is 1. The lowest BCUT2D eigenvalue weighted by Crippen LogP contribution is -2.33. The van der Waals surface area contributed by atoms with Crippen LogP contribution in [0.1, 0.15) is 54.2 Å². The highest BCUT2D eigenvalue weighted by Gasteiger charge is 2.35. The third kappa shape index (κ3) is 12.1. The van der Waals surface area contributed by atoms with Crippen LogP contribution in [-0.4, -0.2) is 96.6 Å². The number of anilines is 1. The zero-order valence-corrected chi connectivity index (χ0v) is 32.0. The van der Waals surface area contributed by atoms with Crippen LogP contribution in [0.5, 0.6) is 0 Å². The Bertz CT molecular complexity index is 1780. The molecule has 1 aliphatic rings. The Kier molecular flexibility index (Phi) is 14.8. The van der Waals surface area contributed by atoms with Crippen molar-refractivity contribution in [2.75, 3.05) is 38.9 Å². The number of nitrogens with one attached hydrogen (secondary N) is 1. The first kappa shape index (κ1) is 42.1. The Morgan fingerprint density at radius 2 is 1.69 bits per heavy atom. The van der Waals surface area contributed by atoms with Gasteiger partial charge >= 0.3 is 25.2 Å². The van der Waals surface area contributed by atoms with Crippen LogP contribution < -0.4 is 17.0 Å². The number of hydrogen-bond acceptors (Lipinski definition) is 17. The lowest BCUT2D eigenvalue weighted by Gasteiger charge is -2.22. The number of aliphatic hydroxyl groups excluding tert-OH is 2. The number of H-pyrrole nitrogens is 1. The predicted octanol–water partition coefficient (Wildman–Crippen LogP) is 1.48. The van der Waals surface area contributed by atoms with E-state index in [0.717, 1.165) is 0 Å². The molecule has 1 unspecified atom stereocenters. The number of nitrogens with zero attached hydrogens (tertiary/aromatic N) is 5. The molecule has 0 radical (unpaired) electrons. The second-order valence-corrected chi connectivity index (χ2v) is 16.3. The number of carbonyl (C=O) groups is 2. The number of nitrogens with two attached hydrogens (primary N) is 1. The second kappa shape index (κ2) is 17.9. The summed E-state index contributed by atoms with van der Waals surface area (Å²) in [5.41, 5.74) is 4.17. The monoisotopic (exact) mass is 855 g/mol. The second-order valence-electron chi connectivity index (χ2n) is 13.1. The summed E-state index contributed by atoms with van der Waals surface area (Å²) in [4.78, 5) is 60.9. The van der Waals surface area contributed by atoms with Crippen LogP contribution in [0.3, 0.4) is 0 Å². The van der Waals surface area contributed by atoms with Crippen molar-refractivity contribution in [1.82, 2.24) is 29.1 Å². The van der Waals surface area contributed by atoms with Gasteiger partial charge in [0.05, 0.1) is 40.0 Å². The quantitative estimate of drug-likeness (QED) is 0.0623. The van der Waals surface area contributed by atoms with Gasteiger partial charge in [-0.3, -0.25) is 37.5 Å². The van der Waals surface area contributed by atoms with E-state index in [4.69, 9.17) is 38.8 Å². The fourth-order valence-electron chi connectivity index (χ4n) is 3.99. The Balaban J connectivity index is 0.000000343. The molecule has 0 saturated carbocycles. The predicted molar refractivity (Wildman–Crippen MR) is 187 cm³/mol. The Labute approximate surface area is 305 Å². The standard InChI is InChI=1S/C20H32N5O8P.C9H11IN2O5/c1-19(2,3)17(26)30-11-32-34(28,33-12-31-18(27)20(4,5)6)13-29-8-7-25-10-24-14-15(21)22-9-23-16(14)25;10-4-2-12(9(16)11-8(4)15)7-1-5(14)6(3-13)17-7/h9-10H,7-8,11-13H2,1-6H3,(H2,21,22,23);2,5-7,13-14H,1,3H2,(H,11,15,16)/t;5-,6+,7?/m.0/s1. The molecular formula is C29H43IN7O13P. The highest BCUT2D eigenvalue weighted by atomic mass is 127. The van der Waals surface area contributed by atoms with Gasteiger partial charge in [0.2, 0.25) is 13.6 Å². The van der Waals surface area contributed by atoms with Crippen molar-refractivity contribution in [3.8, 4) is 0 Å². The van der Waals surface area contributed by atoms with Gasteiger partial charge in [0.15, 0.2) is 11.5 Å². The zero-order chi connectivity index (χ0) is 38.1. The van der Waals surface area contributed by atoms with Crippen LogP contribution in [0.4, 0.5) is 5.82 Å². The Morgan fingerprint density at radius 1 is 1.08 bits per heavy atom. The van der Waals surface area contributed by atoms with E-state index >= 15 is 0 Å². The average Bonchev–Trinajstić information content (AvgIpc) is 3.64. The molecule has 3 aromatic rings. The number of aromatic nitrogens is 6. The SMILES string of the molecule is CC(C)(C)C(=O)OCOP(=O)(COCCn1cnc2c(N)ncnc21)OCOC(=O)C(C)(C)C.O=c1[nH]c(=O)n(C2C[C@H](O)[C@@H](CO)O2)cc1I. The van der Waals surface area contributed by atoms with Gasteiger partial charge < -0.3 is 39.5 Å². The summed E-state index contributed by atoms with van der Waals surface area (Å²) in [6.07, 6.45) is 1.77. The third-order valence-electron chi connectivity index (χ3n) is 6.88. The molecule has 3 aromatic heterocycles. The summed E-state index contributed by atoms with van der Waals surface area (Å²) in [5.74, 6) is -0.842. The van der Waals surface area contributed by atoms with E-state index in [-0.39, 0.29) is 25.5 Å². The molecule has 4 heterocycles. The number of aromatic amines is 1. The number of aliphatic hydroxyl groups is 2. The third-order valence-corrected chi connectivity index (χ3v) is 9.14. The van der Waals surface area contributed by atoms with Gasteiger partial charge in [-0.05, 0) is 64.1 Å². The van der Waals surface area contributed by atoms with Crippen LogP contribution in [0.2, 0.25) is 0 Å². The van der Waals surface area contributed by atoms with Crippen LogP contribution in [-0.2, 0) is 48.7 Å². The van der Waals surface area contributed by atoms with Crippen molar-refractivity contribution < 1.29 is 52.4 Å². The highest BCUT2D eigenvalue weighted by molar-refractivity contribution is 14.1. The number of carbonyl (C=O) groups excluding carboxylic acids is 2. The number of ether oxygens (including phenoxy) is 4. The first-order valence-corrected chi connectivity index (χ1v) is 18.2. The van der Waals surface area contributed by atoms with Gasteiger partial charge in [0.1, 0.15) is 30.5 Å². The largest absolute Gasteiger partial charge is 0.438 e. The van der Waals surface area contributed by atoms with Gasteiger partial charge in [-0.2, -0.15) is 0 Å². The normalized spacial score (nSPS) is 17.9. The summed E-state index contributed by atoms with van der Waals surface area (Å²) in [7, 11) is -3.95. The number of imidazole rings is 1. The average molecular weight is 856 g/mol. The number of esters is 2. The molecule has 5 N–H and O–H groups in total. The Hall–Kier alpha value is -3.31. The minimum Gasteiger partial charge on any atom is -0.438 e. The molecule has 0 aromatic carbocycles. The van der Waals surface area contributed by atoms with Crippen LogP contribution in [0.15, 0.2) is 28.4 Å². The molecule has 0 bridgehead atoms. The zero-order valence-electron chi connectivity index (χ0n) is 28.9. The van der Waals surface area contributed by atoms with Crippen LogP contribution in [0, 0.1) is 14.4 Å². The van der Waals surface area contributed by atoms with Gasteiger partial charge in [0, 0.05) is 19.2 Å². The maximum absolute atomic E-state index is 13.1. The lowest BCUT2D eigenvalue weighted by molar-refractivity contribution is -0.162. The van der Waals surface area contributed by atoms with Crippen molar-refractivity contribution in [1.29, 1.82) is 0 Å². The molecule has 22 heteroatoms. The molecule has 1 saturated heterocycles. The molecule has 0 aliphatic carbocycles. The Morgan fingerprint density at radius 3 is 2.24 bits per heavy atom. The molecule has 1 aliphatic heterocycles. The minimum absolute atomic E-state index is 0.0929. The number of rotatable bonds is 13. The summed E-state index contributed by atoms with van der Waals surface area (Å²) in [5, 5.41) is 18.5. The van der Waals surface area contributed by atoms with Crippen molar-refractivity contribution in [3.63, 3.8) is 0 Å². The first-order chi connectivity index (χ1) is 23.8. The van der Waals surface area contributed by atoms with E-state index in [1.165, 1.54) is 23.4 Å². The van der Waals surface area contributed by atoms with Gasteiger partial charge in [-0.1, -0.05) is 0 Å². The maximum Gasteiger partial charge on any atom is 0.361 e. The first-order valence-electron chi connectivity index (χ1n) is 15.4. The highest BCUT2D eigenvalue weighted by Crippen LogP contribution is 2.48. The molecule has 3 atom stereocenters. The summed E-state index contributed by atoms with van der Waals surface area (Å²) in [6, 6.07) is 0. The molecule has 1 fully saturated rings. The number of fused-ring (bicyclic) bond motifs is 1. The van der Waals surface area contributed by atoms with Gasteiger partial charge in [0.25, 0.3) is 5.56 Å². The minimum atomic E-state index is -3.95. The van der Waals surface area contributed by atoms with E-state index in [1.54, 1.807) is 68.7 Å². The molecule has 51 heavy (non-hydrogen) atoms. The van der Waals surface area contributed by atoms with E-state index in [0.29, 0.717) is 21.3 Å². The van der Waals surface area contributed by atoms with Gasteiger partial charge in [-0.25, -0.2) is 19.7 Å².